The fraction of sp³-hybridized carbons (Fsp3) is 1.00. The van der Waals surface area contributed by atoms with Crippen LogP contribution >= 0.6 is 0 Å². The van der Waals surface area contributed by atoms with E-state index in [0.717, 1.165) is 19.3 Å². The Morgan fingerprint density at radius 1 is 0.413 bits per heavy atom. The molecule has 0 aliphatic heterocycles. The van der Waals surface area contributed by atoms with Gasteiger partial charge >= 0.3 is 47.6 Å². The number of ether oxygens (including phenoxy) is 3. The molecule has 0 amide bonds. The second-order valence-corrected chi connectivity index (χ2v) is 10.3. The molecule has 0 aromatic heterocycles. The number of halogens is 17. The maximum Gasteiger partial charge on any atom is 0.460 e. The van der Waals surface area contributed by atoms with Gasteiger partial charge in [-0.3, -0.25) is 0 Å². The molecule has 0 heterocycles. The first-order valence-electron chi connectivity index (χ1n) is 14.2. The average molecular weight is 721 g/mol. The lowest BCUT2D eigenvalue weighted by Crippen LogP contribution is -2.74. The van der Waals surface area contributed by atoms with Crippen LogP contribution in [0.25, 0.3) is 0 Å². The van der Waals surface area contributed by atoms with Crippen LogP contribution in [0, 0.1) is 5.92 Å². The molecule has 0 aromatic carbocycles. The van der Waals surface area contributed by atoms with Crippen LogP contribution in [-0.2, 0) is 14.2 Å². The first-order valence-corrected chi connectivity index (χ1v) is 14.2. The molecule has 0 N–H and O–H groups in total. The van der Waals surface area contributed by atoms with Crippen molar-refractivity contribution in [3.8, 4) is 0 Å². The van der Waals surface area contributed by atoms with Crippen LogP contribution in [0.3, 0.4) is 0 Å². The van der Waals surface area contributed by atoms with Gasteiger partial charge in [0.2, 0.25) is 0 Å². The fourth-order valence-electron chi connectivity index (χ4n) is 4.46. The Labute approximate surface area is 254 Å². The highest BCUT2D eigenvalue weighted by atomic mass is 19.4. The van der Waals surface area contributed by atoms with Gasteiger partial charge in [-0.25, -0.2) is 0 Å². The van der Waals surface area contributed by atoms with Gasteiger partial charge < -0.3 is 14.2 Å². The molecule has 0 bridgehead atoms. The summed E-state index contributed by atoms with van der Waals surface area (Å²) in [4.78, 5) is 0. The molecule has 3 nitrogen and oxygen atoms in total. The lowest BCUT2D eigenvalue weighted by Gasteiger charge is -2.43. The Kier molecular flexibility index (Phi) is 15.5. The third-order valence-electron chi connectivity index (χ3n) is 7.04. The van der Waals surface area contributed by atoms with E-state index in [4.69, 9.17) is 14.2 Å². The van der Waals surface area contributed by atoms with Crippen LogP contribution in [0.15, 0.2) is 0 Å². The van der Waals surface area contributed by atoms with Gasteiger partial charge in [-0.05, 0) is 33.6 Å². The van der Waals surface area contributed by atoms with E-state index < -0.39 is 72.4 Å². The Bertz CT molecular complexity index is 890. The van der Waals surface area contributed by atoms with Crippen molar-refractivity contribution in [3.05, 3.63) is 0 Å². The highest BCUT2D eigenvalue weighted by Crippen LogP contribution is 2.64. The molecule has 0 radical (unpaired) electrons. The lowest BCUT2D eigenvalue weighted by atomic mass is 9.85. The van der Waals surface area contributed by atoms with Crippen molar-refractivity contribution in [3.63, 3.8) is 0 Å². The van der Waals surface area contributed by atoms with Crippen molar-refractivity contribution in [2.24, 2.45) is 5.92 Å². The van der Waals surface area contributed by atoms with Crippen molar-refractivity contribution in [1.82, 2.24) is 0 Å². The van der Waals surface area contributed by atoms with E-state index >= 15 is 0 Å². The van der Waals surface area contributed by atoms with E-state index in [0.29, 0.717) is 12.8 Å². The summed E-state index contributed by atoms with van der Waals surface area (Å²) in [5.74, 6) is -60.4. The Balaban J connectivity index is 6.64. The molecule has 0 aromatic rings. The largest absolute Gasteiger partial charge is 0.460 e. The first kappa shape index (κ1) is 44.7. The van der Waals surface area contributed by atoms with Crippen molar-refractivity contribution in [2.75, 3.05) is 19.8 Å². The molecule has 0 aliphatic carbocycles. The predicted molar refractivity (Wildman–Crippen MR) is 129 cm³/mol. The molecule has 1 atom stereocenters. The summed E-state index contributed by atoms with van der Waals surface area (Å²) in [5, 5.41) is 0. The normalized spacial score (nSPS) is 15.8. The molecule has 278 valence electrons. The van der Waals surface area contributed by atoms with Gasteiger partial charge in [-0.2, -0.15) is 74.6 Å². The molecule has 1 unspecified atom stereocenters. The minimum absolute atomic E-state index is 0.147. The molecule has 0 saturated heterocycles. The molecule has 0 spiro atoms. The van der Waals surface area contributed by atoms with E-state index in [-0.39, 0.29) is 32.7 Å². The van der Waals surface area contributed by atoms with Crippen LogP contribution in [0.4, 0.5) is 74.6 Å². The minimum Gasteiger partial charge on any atom is -0.328 e. The number of unbranched alkanes of at least 4 members (excludes halogenated alkanes) is 5. The predicted octanol–water partition coefficient (Wildman–Crippen LogP) is 10.9. The number of alkyl halides is 17. The van der Waals surface area contributed by atoms with Gasteiger partial charge in [0, 0.05) is 32.2 Å². The Morgan fingerprint density at radius 3 is 1.13 bits per heavy atom. The summed E-state index contributed by atoms with van der Waals surface area (Å²) < 4.78 is 249. The molecule has 46 heavy (non-hydrogen) atoms. The smallest absolute Gasteiger partial charge is 0.328 e. The van der Waals surface area contributed by atoms with Gasteiger partial charge in [0.1, 0.15) is 0 Å². The Hall–Kier alpha value is -1.31. The maximum atomic E-state index is 14.7. The van der Waals surface area contributed by atoms with Crippen molar-refractivity contribution >= 4 is 0 Å². The average Bonchev–Trinajstić information content (AvgIpc) is 2.91. The zero-order chi connectivity index (χ0) is 36.7. The van der Waals surface area contributed by atoms with Crippen LogP contribution in [0.5, 0.6) is 0 Å². The Morgan fingerprint density at radius 2 is 0.761 bits per heavy atom. The second kappa shape index (κ2) is 15.9. The summed E-state index contributed by atoms with van der Waals surface area (Å²) in [6.45, 7) is 5.17. The van der Waals surface area contributed by atoms with Gasteiger partial charge in [0.25, 0.3) is 5.97 Å². The zero-order valence-electron chi connectivity index (χ0n) is 25.2. The molecule has 0 fully saturated rings. The van der Waals surface area contributed by atoms with Crippen LogP contribution in [-0.4, -0.2) is 73.4 Å². The minimum atomic E-state index is -8.66. The van der Waals surface area contributed by atoms with Crippen molar-refractivity contribution in [1.29, 1.82) is 0 Å². The van der Waals surface area contributed by atoms with Crippen molar-refractivity contribution in [2.45, 2.75) is 139 Å². The van der Waals surface area contributed by atoms with E-state index in [1.807, 2.05) is 6.92 Å². The monoisotopic (exact) mass is 720 g/mol. The number of rotatable bonds is 23. The van der Waals surface area contributed by atoms with Gasteiger partial charge in [-0.15, -0.1) is 0 Å². The number of hydrogen-bond acceptors (Lipinski definition) is 3. The van der Waals surface area contributed by atoms with E-state index in [1.54, 1.807) is 0 Å². The molecular weight excluding hydrogens is 683 g/mol. The standard InChI is InChI=1S/C26H37F17O3/c1-5-9-10-11-12-13-14-17(19(44-6-2,45-7-3)46-8-4)15-16-18(27,28)20(29,30)21(31,32)22(33,34)23(35,36)24(37,38)25(39,40)26(41,42)43/h17H,5-16H2,1-4H3. The highest BCUT2D eigenvalue weighted by molar-refractivity contribution is 5.15. The van der Waals surface area contributed by atoms with Crippen LogP contribution in [0.1, 0.15) is 85.5 Å². The summed E-state index contributed by atoms with van der Waals surface area (Å²) >= 11 is 0. The summed E-state index contributed by atoms with van der Waals surface area (Å²) in [7, 11) is 0. The first-order chi connectivity index (χ1) is 20.6. The van der Waals surface area contributed by atoms with Gasteiger partial charge in [-0.1, -0.05) is 45.4 Å². The summed E-state index contributed by atoms with van der Waals surface area (Å²) in [6, 6.07) is 0. The topological polar surface area (TPSA) is 27.7 Å². The molecule has 0 aliphatic rings. The summed E-state index contributed by atoms with van der Waals surface area (Å²) in [5.41, 5.74) is 0. The van der Waals surface area contributed by atoms with E-state index in [2.05, 4.69) is 0 Å². The SMILES string of the molecule is CCCCCCCCC(CCC(F)(F)C(F)(F)C(F)(F)C(F)(F)C(F)(F)C(F)(F)C(F)(F)C(F)(F)F)C(OCC)(OCC)OCC. The van der Waals surface area contributed by atoms with E-state index in [9.17, 15) is 74.6 Å². The highest BCUT2D eigenvalue weighted by Gasteiger charge is 2.95. The second-order valence-electron chi connectivity index (χ2n) is 10.3. The third kappa shape index (κ3) is 8.45. The van der Waals surface area contributed by atoms with E-state index in [1.165, 1.54) is 20.8 Å². The maximum absolute atomic E-state index is 14.7. The molecule has 20 heteroatoms. The van der Waals surface area contributed by atoms with Gasteiger partial charge in [0.15, 0.2) is 0 Å². The quantitative estimate of drug-likeness (QED) is 0.0598. The van der Waals surface area contributed by atoms with Crippen molar-refractivity contribution < 1.29 is 88.8 Å². The van der Waals surface area contributed by atoms with Gasteiger partial charge in [0.05, 0.1) is 0 Å². The van der Waals surface area contributed by atoms with Crippen LogP contribution < -0.4 is 0 Å². The number of hydrogen-bond donors (Lipinski definition) is 0. The summed E-state index contributed by atoms with van der Waals surface area (Å²) in [6.07, 6.45) is -8.44. The lowest BCUT2D eigenvalue weighted by molar-refractivity contribution is -0.462. The molecule has 0 rings (SSSR count). The zero-order valence-corrected chi connectivity index (χ0v) is 25.2. The fourth-order valence-corrected chi connectivity index (χ4v) is 4.46. The van der Waals surface area contributed by atoms with Crippen LogP contribution in [0.2, 0.25) is 0 Å². The third-order valence-corrected chi connectivity index (χ3v) is 7.04. The molecular formula is C26H37F17O3. The molecule has 0 saturated carbocycles.